The van der Waals surface area contributed by atoms with Crippen LogP contribution in [0.4, 0.5) is 4.39 Å². The third-order valence-electron chi connectivity index (χ3n) is 3.03. The van der Waals surface area contributed by atoms with Crippen LogP contribution in [0.5, 0.6) is 5.75 Å². The van der Waals surface area contributed by atoms with Crippen LogP contribution in [0.2, 0.25) is 0 Å². The first-order valence-corrected chi connectivity index (χ1v) is 5.66. The Morgan fingerprint density at radius 3 is 2.67 bits per heavy atom. The topological polar surface area (TPSA) is 35.2 Å². The first-order valence-electron chi connectivity index (χ1n) is 4.86. The minimum Gasteiger partial charge on any atom is -0.495 e. The second-order valence-corrected chi connectivity index (χ2v) is 4.81. The van der Waals surface area contributed by atoms with Crippen molar-refractivity contribution >= 4 is 15.9 Å². The molecule has 15 heavy (non-hydrogen) atoms. The SMILES string of the molecule is COc1c(Br)cc(F)cc1C1(CN)CC1. The molecular weight excluding hydrogens is 261 g/mol. The van der Waals surface area contributed by atoms with E-state index in [0.717, 1.165) is 18.4 Å². The number of methoxy groups -OCH3 is 1. The van der Waals surface area contributed by atoms with Gasteiger partial charge in [-0.05, 0) is 40.9 Å². The molecular formula is C11H13BrFNO. The summed E-state index contributed by atoms with van der Waals surface area (Å²) in [5.74, 6) is 0.455. The number of nitrogens with two attached hydrogens (primary N) is 1. The second-order valence-electron chi connectivity index (χ2n) is 3.95. The van der Waals surface area contributed by atoms with Gasteiger partial charge in [-0.3, -0.25) is 0 Å². The predicted octanol–water partition coefficient (Wildman–Crippen LogP) is 2.59. The molecule has 82 valence electrons. The summed E-state index contributed by atoms with van der Waals surface area (Å²) in [6, 6.07) is 2.94. The van der Waals surface area contributed by atoms with E-state index in [1.807, 2.05) is 0 Å². The van der Waals surface area contributed by atoms with Crippen LogP contribution in [0.3, 0.4) is 0 Å². The van der Waals surface area contributed by atoms with Crippen LogP contribution in [0.1, 0.15) is 18.4 Å². The highest BCUT2D eigenvalue weighted by Crippen LogP contribution is 2.52. The van der Waals surface area contributed by atoms with E-state index in [9.17, 15) is 4.39 Å². The normalized spacial score (nSPS) is 17.6. The molecule has 1 aromatic rings. The summed E-state index contributed by atoms with van der Waals surface area (Å²) in [5, 5.41) is 0. The molecule has 1 aliphatic rings. The molecule has 0 heterocycles. The fourth-order valence-electron chi connectivity index (χ4n) is 1.90. The van der Waals surface area contributed by atoms with Crippen molar-refractivity contribution in [2.75, 3.05) is 13.7 Å². The molecule has 0 saturated heterocycles. The molecule has 0 amide bonds. The van der Waals surface area contributed by atoms with Gasteiger partial charge in [-0.1, -0.05) is 0 Å². The Morgan fingerprint density at radius 1 is 1.53 bits per heavy atom. The van der Waals surface area contributed by atoms with Crippen molar-refractivity contribution < 1.29 is 9.13 Å². The van der Waals surface area contributed by atoms with Gasteiger partial charge in [0.2, 0.25) is 0 Å². The maximum Gasteiger partial charge on any atom is 0.137 e. The smallest absolute Gasteiger partial charge is 0.137 e. The number of ether oxygens (including phenoxy) is 1. The van der Waals surface area contributed by atoms with E-state index in [2.05, 4.69) is 15.9 Å². The van der Waals surface area contributed by atoms with Gasteiger partial charge in [-0.15, -0.1) is 0 Å². The van der Waals surface area contributed by atoms with Gasteiger partial charge in [0.25, 0.3) is 0 Å². The van der Waals surface area contributed by atoms with Gasteiger partial charge < -0.3 is 10.5 Å². The molecule has 0 unspecified atom stereocenters. The molecule has 4 heteroatoms. The molecule has 1 saturated carbocycles. The Morgan fingerprint density at radius 2 is 2.20 bits per heavy atom. The molecule has 2 rings (SSSR count). The van der Waals surface area contributed by atoms with Gasteiger partial charge in [0.1, 0.15) is 11.6 Å². The van der Waals surface area contributed by atoms with Crippen molar-refractivity contribution in [3.05, 3.63) is 28.0 Å². The van der Waals surface area contributed by atoms with Gasteiger partial charge in [0, 0.05) is 17.5 Å². The zero-order valence-electron chi connectivity index (χ0n) is 8.52. The summed E-state index contributed by atoms with van der Waals surface area (Å²) >= 11 is 3.30. The summed E-state index contributed by atoms with van der Waals surface area (Å²) in [6.07, 6.45) is 2.02. The van der Waals surface area contributed by atoms with Crippen LogP contribution >= 0.6 is 15.9 Å². The van der Waals surface area contributed by atoms with Gasteiger partial charge in [-0.25, -0.2) is 4.39 Å². The Kier molecular flexibility index (Phi) is 2.73. The summed E-state index contributed by atoms with van der Waals surface area (Å²) in [4.78, 5) is 0. The predicted molar refractivity (Wildman–Crippen MR) is 60.6 cm³/mol. The number of benzene rings is 1. The third-order valence-corrected chi connectivity index (χ3v) is 3.62. The van der Waals surface area contributed by atoms with Crippen LogP contribution in [0.15, 0.2) is 16.6 Å². The van der Waals surface area contributed by atoms with E-state index in [4.69, 9.17) is 10.5 Å². The Labute approximate surface area is 96.7 Å². The molecule has 0 radical (unpaired) electrons. The van der Waals surface area contributed by atoms with Crippen molar-refractivity contribution in [3.8, 4) is 5.75 Å². The van der Waals surface area contributed by atoms with Gasteiger partial charge >= 0.3 is 0 Å². The van der Waals surface area contributed by atoms with Crippen LogP contribution in [0, 0.1) is 5.82 Å². The Balaban J connectivity index is 2.54. The first-order chi connectivity index (χ1) is 7.13. The van der Waals surface area contributed by atoms with Gasteiger partial charge in [-0.2, -0.15) is 0 Å². The molecule has 1 aromatic carbocycles. The summed E-state index contributed by atoms with van der Waals surface area (Å²) in [7, 11) is 1.59. The molecule has 0 aliphatic heterocycles. The quantitative estimate of drug-likeness (QED) is 0.919. The van der Waals surface area contributed by atoms with E-state index in [1.165, 1.54) is 12.1 Å². The van der Waals surface area contributed by atoms with Crippen molar-refractivity contribution in [1.82, 2.24) is 0 Å². The average molecular weight is 274 g/mol. The van der Waals surface area contributed by atoms with E-state index in [0.29, 0.717) is 16.8 Å². The molecule has 2 nitrogen and oxygen atoms in total. The number of halogens is 2. The number of hydrogen-bond donors (Lipinski definition) is 1. The van der Waals surface area contributed by atoms with E-state index in [-0.39, 0.29) is 11.2 Å². The highest BCUT2D eigenvalue weighted by molar-refractivity contribution is 9.10. The second kappa shape index (κ2) is 3.76. The first kappa shape index (κ1) is 10.9. The Bertz CT molecular complexity index is 390. The zero-order chi connectivity index (χ0) is 11.1. The number of rotatable bonds is 3. The Hall–Kier alpha value is -0.610. The van der Waals surface area contributed by atoms with Crippen LogP contribution in [-0.2, 0) is 5.41 Å². The molecule has 0 spiro atoms. The van der Waals surface area contributed by atoms with E-state index in [1.54, 1.807) is 7.11 Å². The molecule has 0 atom stereocenters. The minimum absolute atomic E-state index is 0.0596. The van der Waals surface area contributed by atoms with Gasteiger partial charge in [0.05, 0.1) is 11.6 Å². The molecule has 1 fully saturated rings. The summed E-state index contributed by atoms with van der Waals surface area (Å²) in [6.45, 7) is 0.541. The van der Waals surface area contributed by atoms with Crippen molar-refractivity contribution in [3.63, 3.8) is 0 Å². The van der Waals surface area contributed by atoms with E-state index < -0.39 is 0 Å². The van der Waals surface area contributed by atoms with Crippen molar-refractivity contribution in [2.45, 2.75) is 18.3 Å². The van der Waals surface area contributed by atoms with Crippen molar-refractivity contribution in [1.29, 1.82) is 0 Å². The standard InChI is InChI=1S/C11H13BrFNO/c1-15-10-8(11(6-14)2-3-11)4-7(13)5-9(10)12/h4-5H,2-3,6,14H2,1H3. The van der Waals surface area contributed by atoms with E-state index >= 15 is 0 Å². The monoisotopic (exact) mass is 273 g/mol. The van der Waals surface area contributed by atoms with Crippen LogP contribution < -0.4 is 10.5 Å². The highest BCUT2D eigenvalue weighted by Gasteiger charge is 2.45. The fraction of sp³-hybridized carbons (Fsp3) is 0.455. The summed E-state index contributed by atoms with van der Waals surface area (Å²) in [5.41, 5.74) is 6.56. The van der Waals surface area contributed by atoms with Crippen molar-refractivity contribution in [2.24, 2.45) is 5.73 Å². The fourth-order valence-corrected chi connectivity index (χ4v) is 2.49. The highest BCUT2D eigenvalue weighted by atomic mass is 79.9. The number of hydrogen-bond acceptors (Lipinski definition) is 2. The lowest BCUT2D eigenvalue weighted by atomic mass is 9.95. The maximum atomic E-state index is 13.3. The summed E-state index contributed by atoms with van der Waals surface area (Å²) < 4.78 is 19.3. The minimum atomic E-state index is -0.252. The van der Waals surface area contributed by atoms with Gasteiger partial charge in [0.15, 0.2) is 0 Å². The van der Waals surface area contributed by atoms with Crippen LogP contribution in [-0.4, -0.2) is 13.7 Å². The maximum absolute atomic E-state index is 13.3. The average Bonchev–Trinajstić information content (AvgIpc) is 2.97. The van der Waals surface area contributed by atoms with Crippen LogP contribution in [0.25, 0.3) is 0 Å². The lowest BCUT2D eigenvalue weighted by Gasteiger charge is -2.18. The molecule has 2 N–H and O–H groups in total. The largest absolute Gasteiger partial charge is 0.495 e. The molecule has 0 aromatic heterocycles. The molecule has 0 bridgehead atoms. The zero-order valence-corrected chi connectivity index (χ0v) is 10.1. The molecule has 1 aliphatic carbocycles. The lowest BCUT2D eigenvalue weighted by Crippen LogP contribution is -2.20. The third kappa shape index (κ3) is 1.76. The lowest BCUT2D eigenvalue weighted by molar-refractivity contribution is 0.399.